The zero-order valence-corrected chi connectivity index (χ0v) is 17.7. The van der Waals surface area contributed by atoms with Crippen LogP contribution in [0.15, 0.2) is 4.99 Å². The monoisotopic (exact) mass is 449 g/mol. The van der Waals surface area contributed by atoms with Crippen LogP contribution in [0, 0.1) is 5.41 Å². The number of rotatable bonds is 6. The van der Waals surface area contributed by atoms with Crippen LogP contribution < -0.4 is 16.4 Å². The largest absolute Gasteiger partial charge is 0.446 e. The number of carbonyl (C=O) groups excluding carboxylic acids is 3. The van der Waals surface area contributed by atoms with Crippen molar-refractivity contribution in [3.8, 4) is 0 Å². The molecule has 0 aromatic rings. The average molecular weight is 449 g/mol. The van der Waals surface area contributed by atoms with Gasteiger partial charge in [0.25, 0.3) is 5.92 Å². The van der Waals surface area contributed by atoms with Crippen molar-refractivity contribution in [3.63, 3.8) is 0 Å². The lowest BCUT2D eigenvalue weighted by atomic mass is 9.87. The smallest absolute Gasteiger partial charge is 0.435 e. The predicted molar refractivity (Wildman–Crippen MR) is 104 cm³/mol. The second-order valence-corrected chi connectivity index (χ2v) is 8.44. The Morgan fingerprint density at radius 1 is 1.48 bits per heavy atom. The van der Waals surface area contributed by atoms with Crippen molar-refractivity contribution < 1.29 is 37.7 Å². The number of aliphatic hydroxyl groups is 1. The highest BCUT2D eigenvalue weighted by atomic mass is 19.3. The molecule has 5 N–H and O–H groups in total. The third kappa shape index (κ3) is 6.55. The van der Waals surface area contributed by atoms with E-state index >= 15 is 0 Å². The van der Waals surface area contributed by atoms with Gasteiger partial charge in [0.1, 0.15) is 12.4 Å². The number of nitrogens with zero attached hydrogens (tertiary/aromatic N) is 2. The molecular weight excluding hydrogens is 420 g/mol. The fraction of sp³-hybridized carbons (Fsp3) is 0.778. The van der Waals surface area contributed by atoms with Crippen LogP contribution in [0.1, 0.15) is 33.6 Å². The van der Waals surface area contributed by atoms with Crippen molar-refractivity contribution in [2.75, 3.05) is 26.3 Å². The minimum absolute atomic E-state index is 0.00224. The number of aliphatic hydroxyl groups excluding tert-OH is 1. The van der Waals surface area contributed by atoms with E-state index in [1.807, 2.05) is 20.8 Å². The van der Waals surface area contributed by atoms with Gasteiger partial charge in [0, 0.05) is 19.4 Å². The Balaban J connectivity index is 1.79. The first kappa shape index (κ1) is 24.9. The number of hydrogen-bond acceptors (Lipinski definition) is 7. The number of nitrogens with one attached hydrogen (secondary N) is 2. The highest BCUT2D eigenvalue weighted by molar-refractivity contribution is 6.03. The molecule has 0 radical (unpaired) electrons. The summed E-state index contributed by atoms with van der Waals surface area (Å²) in [6.45, 7) is 4.58. The molecule has 2 heterocycles. The SMILES string of the molecule is CC(C)(C)C(N)C(=O)NCCOC(=O)/N=C1/CCN(C2OC(CO)CC2(F)F)C(=O)N1. The number of carbonyl (C=O) groups is 3. The molecule has 0 saturated carbocycles. The van der Waals surface area contributed by atoms with Gasteiger partial charge in [-0.25, -0.2) is 18.4 Å². The Kier molecular flexibility index (Phi) is 7.89. The number of hydrogen-bond donors (Lipinski definition) is 4. The number of alkyl halides is 2. The summed E-state index contributed by atoms with van der Waals surface area (Å²) in [4.78, 5) is 40.3. The second kappa shape index (κ2) is 9.83. The molecule has 0 aliphatic carbocycles. The van der Waals surface area contributed by atoms with E-state index in [0.29, 0.717) is 0 Å². The second-order valence-electron chi connectivity index (χ2n) is 8.44. The maximum atomic E-state index is 14.1. The average Bonchev–Trinajstić information content (AvgIpc) is 2.98. The lowest BCUT2D eigenvalue weighted by molar-refractivity contribution is -0.138. The van der Waals surface area contributed by atoms with Crippen LogP contribution in [0.25, 0.3) is 0 Å². The van der Waals surface area contributed by atoms with Crippen molar-refractivity contribution in [1.29, 1.82) is 0 Å². The van der Waals surface area contributed by atoms with Crippen LogP contribution >= 0.6 is 0 Å². The van der Waals surface area contributed by atoms with E-state index in [1.165, 1.54) is 0 Å². The molecule has 176 valence electrons. The molecule has 2 fully saturated rings. The minimum Gasteiger partial charge on any atom is -0.446 e. The molecule has 13 heteroatoms. The Morgan fingerprint density at radius 2 is 2.16 bits per heavy atom. The van der Waals surface area contributed by atoms with Crippen LogP contribution in [0.3, 0.4) is 0 Å². The Morgan fingerprint density at radius 3 is 2.71 bits per heavy atom. The van der Waals surface area contributed by atoms with Crippen molar-refractivity contribution in [2.45, 2.75) is 57.9 Å². The molecule has 2 aliphatic rings. The van der Waals surface area contributed by atoms with E-state index in [2.05, 4.69) is 15.6 Å². The third-order valence-electron chi connectivity index (χ3n) is 4.84. The molecule has 0 spiro atoms. The number of aliphatic imine (C=N–C) groups is 1. The van der Waals surface area contributed by atoms with Gasteiger partial charge >= 0.3 is 12.1 Å². The fourth-order valence-corrected chi connectivity index (χ4v) is 2.99. The zero-order chi connectivity index (χ0) is 23.4. The van der Waals surface area contributed by atoms with Gasteiger partial charge in [-0.15, -0.1) is 0 Å². The molecule has 2 rings (SSSR count). The van der Waals surface area contributed by atoms with E-state index < -0.39 is 54.9 Å². The first-order chi connectivity index (χ1) is 14.3. The van der Waals surface area contributed by atoms with Gasteiger partial charge in [-0.05, 0) is 5.41 Å². The molecule has 3 unspecified atom stereocenters. The van der Waals surface area contributed by atoms with Gasteiger partial charge in [-0.2, -0.15) is 4.99 Å². The maximum Gasteiger partial charge on any atom is 0.435 e. The Hall–Kier alpha value is -2.38. The van der Waals surface area contributed by atoms with Gasteiger partial charge in [0.15, 0.2) is 6.23 Å². The van der Waals surface area contributed by atoms with Crippen molar-refractivity contribution in [3.05, 3.63) is 0 Å². The van der Waals surface area contributed by atoms with E-state index in [1.54, 1.807) is 0 Å². The molecule has 31 heavy (non-hydrogen) atoms. The quantitative estimate of drug-likeness (QED) is 0.421. The van der Waals surface area contributed by atoms with Crippen LogP contribution in [-0.4, -0.2) is 84.5 Å². The van der Waals surface area contributed by atoms with Gasteiger partial charge < -0.3 is 25.6 Å². The highest BCUT2D eigenvalue weighted by Crippen LogP contribution is 2.38. The minimum atomic E-state index is -3.31. The van der Waals surface area contributed by atoms with Crippen LogP contribution in [-0.2, 0) is 14.3 Å². The fourth-order valence-electron chi connectivity index (χ4n) is 2.99. The van der Waals surface area contributed by atoms with Gasteiger partial charge in [-0.1, -0.05) is 20.8 Å². The zero-order valence-electron chi connectivity index (χ0n) is 17.7. The summed E-state index contributed by atoms with van der Waals surface area (Å²) in [5, 5.41) is 13.8. The molecule has 2 saturated heterocycles. The summed E-state index contributed by atoms with van der Waals surface area (Å²) >= 11 is 0. The van der Waals surface area contributed by atoms with E-state index in [0.717, 1.165) is 4.90 Å². The van der Waals surface area contributed by atoms with Crippen LogP contribution in [0.2, 0.25) is 0 Å². The van der Waals surface area contributed by atoms with Gasteiger partial charge in [-0.3, -0.25) is 15.0 Å². The summed E-state index contributed by atoms with van der Waals surface area (Å²) in [5.74, 6) is -3.73. The molecule has 0 bridgehead atoms. The molecule has 0 aromatic heterocycles. The molecule has 0 aromatic carbocycles. The molecule has 2 aliphatic heterocycles. The molecule has 11 nitrogen and oxygen atoms in total. The number of halogens is 2. The Bertz CT molecular complexity index is 727. The number of ether oxygens (including phenoxy) is 2. The van der Waals surface area contributed by atoms with E-state index in [4.69, 9.17) is 20.3 Å². The summed E-state index contributed by atoms with van der Waals surface area (Å²) in [5.41, 5.74) is 5.38. The van der Waals surface area contributed by atoms with E-state index in [9.17, 15) is 23.2 Å². The lowest BCUT2D eigenvalue weighted by Gasteiger charge is -2.34. The molecular formula is C18H29F2N5O6. The number of amides is 4. The van der Waals surface area contributed by atoms with Gasteiger partial charge in [0.05, 0.1) is 25.3 Å². The summed E-state index contributed by atoms with van der Waals surface area (Å²) in [6, 6.07) is -1.63. The van der Waals surface area contributed by atoms with Crippen molar-refractivity contribution in [2.24, 2.45) is 16.1 Å². The topological polar surface area (TPSA) is 156 Å². The normalized spacial score (nSPS) is 25.8. The maximum absolute atomic E-state index is 14.1. The number of urea groups is 1. The molecule has 4 amide bonds. The third-order valence-corrected chi connectivity index (χ3v) is 4.84. The standard InChI is InChI=1S/C18H29F2N5O6/c1-17(2,3)12(21)13(27)22-5-7-30-16(29)24-11-4-6-25(15(28)23-11)14-18(19,20)8-10(9-26)31-14/h10,12,14,26H,4-9,21H2,1-3H3,(H,22,27)(H,23,24,28,29). The summed E-state index contributed by atoms with van der Waals surface area (Å²) in [7, 11) is 0. The van der Waals surface area contributed by atoms with Crippen molar-refractivity contribution >= 4 is 23.9 Å². The van der Waals surface area contributed by atoms with Crippen LogP contribution in [0.4, 0.5) is 18.4 Å². The van der Waals surface area contributed by atoms with E-state index in [-0.39, 0.29) is 37.9 Å². The summed E-state index contributed by atoms with van der Waals surface area (Å²) < 4.78 is 38.0. The highest BCUT2D eigenvalue weighted by Gasteiger charge is 2.54. The first-order valence-corrected chi connectivity index (χ1v) is 9.84. The number of amidine groups is 1. The Labute approximate surface area is 178 Å². The van der Waals surface area contributed by atoms with Gasteiger partial charge in [0.2, 0.25) is 5.91 Å². The summed E-state index contributed by atoms with van der Waals surface area (Å²) in [6.07, 6.45) is -4.56. The first-order valence-electron chi connectivity index (χ1n) is 9.84. The molecule has 3 atom stereocenters. The predicted octanol–water partition coefficient (Wildman–Crippen LogP) is 0.169. The lowest BCUT2D eigenvalue weighted by Crippen LogP contribution is -2.57. The number of nitrogens with two attached hydrogens (primary N) is 1. The van der Waals surface area contributed by atoms with Crippen molar-refractivity contribution in [1.82, 2.24) is 15.5 Å². The van der Waals surface area contributed by atoms with Crippen LogP contribution in [0.5, 0.6) is 0 Å².